The summed E-state index contributed by atoms with van der Waals surface area (Å²) >= 11 is 0. The topological polar surface area (TPSA) is 58.2 Å². The summed E-state index contributed by atoms with van der Waals surface area (Å²) < 4.78 is 0. The zero-order chi connectivity index (χ0) is 41.7. The van der Waals surface area contributed by atoms with E-state index in [0.29, 0.717) is 25.9 Å². The highest BCUT2D eigenvalue weighted by Gasteiger charge is 2.05. The Bertz CT molecular complexity index is 933. The third kappa shape index (κ3) is 39.6. The quantitative estimate of drug-likeness (QED) is 0.0645. The Morgan fingerprint density at radius 1 is 0.328 bits per heavy atom. The van der Waals surface area contributed by atoms with Crippen LogP contribution in [0.15, 0.2) is 24.3 Å². The van der Waals surface area contributed by atoms with E-state index in [1.807, 2.05) is 6.07 Å². The van der Waals surface area contributed by atoms with Crippen molar-refractivity contribution in [2.24, 2.45) is 0 Å². The molecule has 0 unspecified atom stereocenters. The van der Waals surface area contributed by atoms with Crippen LogP contribution in [0.4, 0.5) is 0 Å². The van der Waals surface area contributed by atoms with E-state index >= 15 is 0 Å². The molecule has 0 atom stereocenters. The van der Waals surface area contributed by atoms with E-state index < -0.39 is 0 Å². The Morgan fingerprint density at radius 3 is 0.759 bits per heavy atom. The normalized spacial score (nSPS) is 11.3. The summed E-state index contributed by atoms with van der Waals surface area (Å²) in [6, 6.07) is 8.25. The predicted octanol–water partition coefficient (Wildman–Crippen LogP) is 17.3. The van der Waals surface area contributed by atoms with Crippen molar-refractivity contribution in [3.8, 4) is 0 Å². The van der Waals surface area contributed by atoms with Crippen molar-refractivity contribution in [2.45, 2.75) is 297 Å². The summed E-state index contributed by atoms with van der Waals surface area (Å²) in [4.78, 5) is 24.9. The van der Waals surface area contributed by atoms with E-state index in [-0.39, 0.29) is 11.8 Å². The van der Waals surface area contributed by atoms with Crippen LogP contribution in [0.1, 0.15) is 295 Å². The minimum absolute atomic E-state index is 0.149. The first-order chi connectivity index (χ1) is 28.7. The molecule has 0 spiro atoms. The second-order valence-electron chi connectivity index (χ2n) is 18.3. The summed E-state index contributed by atoms with van der Waals surface area (Å²) in [5.74, 6) is 0.298. The Balaban J connectivity index is 1.87. The molecule has 1 rings (SSSR count). The lowest BCUT2D eigenvalue weighted by Gasteiger charge is -2.09. The molecule has 0 heterocycles. The van der Waals surface area contributed by atoms with Gasteiger partial charge in [0.05, 0.1) is 0 Å². The molecule has 0 fully saturated rings. The predicted molar refractivity (Wildman–Crippen MR) is 255 cm³/mol. The molecule has 0 saturated heterocycles. The summed E-state index contributed by atoms with van der Waals surface area (Å²) in [7, 11) is 0. The average molecular weight is 809 g/mol. The van der Waals surface area contributed by atoms with Crippen molar-refractivity contribution in [1.29, 1.82) is 0 Å². The van der Waals surface area contributed by atoms with Crippen molar-refractivity contribution in [3.05, 3.63) is 35.4 Å². The summed E-state index contributed by atoms with van der Waals surface area (Å²) in [6.07, 6.45) is 56.1. The van der Waals surface area contributed by atoms with E-state index in [2.05, 4.69) is 42.7 Å². The lowest BCUT2D eigenvalue weighted by Crippen LogP contribution is -2.23. The first-order valence-corrected chi connectivity index (χ1v) is 26.3. The van der Waals surface area contributed by atoms with Crippen molar-refractivity contribution in [2.75, 3.05) is 0 Å². The number of amides is 2. The average Bonchev–Trinajstić information content (AvgIpc) is 3.23. The van der Waals surface area contributed by atoms with Gasteiger partial charge in [-0.2, -0.15) is 0 Å². The van der Waals surface area contributed by atoms with Gasteiger partial charge in [-0.15, -0.1) is 0 Å². The van der Waals surface area contributed by atoms with Gasteiger partial charge in [0, 0.05) is 25.9 Å². The van der Waals surface area contributed by atoms with Gasteiger partial charge in [-0.25, -0.2) is 0 Å². The van der Waals surface area contributed by atoms with Gasteiger partial charge in [0.15, 0.2) is 0 Å². The SMILES string of the molecule is CCCCCCCCCCCCCCCCCCCCCCC(=O)NCc1cccc(CNC(=O)CCCCCCCCCCCCCCCCCCCCCC)c1. The van der Waals surface area contributed by atoms with Crippen LogP contribution in [0.25, 0.3) is 0 Å². The zero-order valence-electron chi connectivity index (χ0n) is 39.2. The molecule has 0 radical (unpaired) electrons. The molecular weight excluding hydrogens is 709 g/mol. The molecule has 4 heteroatoms. The highest BCUT2D eigenvalue weighted by molar-refractivity contribution is 5.76. The van der Waals surface area contributed by atoms with E-state index in [4.69, 9.17) is 0 Å². The van der Waals surface area contributed by atoms with Gasteiger partial charge in [0.25, 0.3) is 0 Å². The fraction of sp³-hybridized carbons (Fsp3) is 0.852. The molecule has 0 aliphatic carbocycles. The molecule has 0 aliphatic rings. The number of rotatable bonds is 46. The highest BCUT2D eigenvalue weighted by Crippen LogP contribution is 2.17. The molecule has 4 nitrogen and oxygen atoms in total. The lowest BCUT2D eigenvalue weighted by atomic mass is 10.0. The third-order valence-corrected chi connectivity index (χ3v) is 12.5. The summed E-state index contributed by atoms with van der Waals surface area (Å²) in [5.41, 5.74) is 2.19. The van der Waals surface area contributed by atoms with Crippen LogP contribution in [0.3, 0.4) is 0 Å². The molecule has 2 N–H and O–H groups in total. The molecule has 0 aromatic heterocycles. The van der Waals surface area contributed by atoms with Crippen LogP contribution in [-0.2, 0) is 22.7 Å². The molecule has 0 saturated carbocycles. The molecule has 0 aliphatic heterocycles. The van der Waals surface area contributed by atoms with Crippen LogP contribution in [0.2, 0.25) is 0 Å². The maximum Gasteiger partial charge on any atom is 0.220 e. The van der Waals surface area contributed by atoms with Gasteiger partial charge >= 0.3 is 0 Å². The van der Waals surface area contributed by atoms with Crippen LogP contribution in [0, 0.1) is 0 Å². The first-order valence-electron chi connectivity index (χ1n) is 26.3. The number of nitrogens with one attached hydrogen (secondary N) is 2. The van der Waals surface area contributed by atoms with Gasteiger partial charge < -0.3 is 10.6 Å². The number of unbranched alkanes of at least 4 members (excludes halogenated alkanes) is 38. The fourth-order valence-electron chi connectivity index (χ4n) is 8.51. The van der Waals surface area contributed by atoms with Crippen LogP contribution < -0.4 is 10.6 Å². The van der Waals surface area contributed by atoms with Crippen LogP contribution in [0.5, 0.6) is 0 Å². The second-order valence-corrected chi connectivity index (χ2v) is 18.3. The summed E-state index contributed by atoms with van der Waals surface area (Å²) in [5, 5.41) is 6.21. The number of hydrogen-bond acceptors (Lipinski definition) is 2. The lowest BCUT2D eigenvalue weighted by molar-refractivity contribution is -0.122. The number of carbonyl (C=O) groups excluding carboxylic acids is 2. The van der Waals surface area contributed by atoms with Crippen molar-refractivity contribution >= 4 is 11.8 Å². The van der Waals surface area contributed by atoms with Gasteiger partial charge in [-0.05, 0) is 24.0 Å². The van der Waals surface area contributed by atoms with E-state index in [1.54, 1.807) is 0 Å². The number of hydrogen-bond donors (Lipinski definition) is 2. The van der Waals surface area contributed by atoms with Gasteiger partial charge in [0.2, 0.25) is 11.8 Å². The molecule has 1 aromatic rings. The monoisotopic (exact) mass is 809 g/mol. The Hall–Kier alpha value is -1.84. The maximum absolute atomic E-state index is 12.5. The van der Waals surface area contributed by atoms with Crippen molar-refractivity contribution < 1.29 is 9.59 Å². The zero-order valence-corrected chi connectivity index (χ0v) is 39.2. The smallest absolute Gasteiger partial charge is 0.220 e. The van der Waals surface area contributed by atoms with Gasteiger partial charge in [0.1, 0.15) is 0 Å². The van der Waals surface area contributed by atoms with E-state index in [0.717, 1.165) is 36.8 Å². The number of benzene rings is 1. The molecule has 338 valence electrons. The molecular formula is C54H100N2O2. The Kier molecular flexibility index (Phi) is 41.8. The highest BCUT2D eigenvalue weighted by atomic mass is 16.2. The van der Waals surface area contributed by atoms with Gasteiger partial charge in [-0.1, -0.05) is 282 Å². The van der Waals surface area contributed by atoms with E-state index in [1.165, 1.54) is 231 Å². The summed E-state index contributed by atoms with van der Waals surface area (Å²) in [6.45, 7) is 5.70. The second kappa shape index (κ2) is 44.7. The van der Waals surface area contributed by atoms with Gasteiger partial charge in [-0.3, -0.25) is 9.59 Å². The molecule has 0 bridgehead atoms. The Morgan fingerprint density at radius 2 is 0.534 bits per heavy atom. The Labute approximate surface area is 362 Å². The third-order valence-electron chi connectivity index (χ3n) is 12.5. The first kappa shape index (κ1) is 54.2. The minimum Gasteiger partial charge on any atom is -0.352 e. The maximum atomic E-state index is 12.5. The van der Waals surface area contributed by atoms with Crippen LogP contribution in [-0.4, -0.2) is 11.8 Å². The molecule has 2 amide bonds. The number of carbonyl (C=O) groups is 2. The molecule has 1 aromatic carbocycles. The minimum atomic E-state index is 0.149. The largest absolute Gasteiger partial charge is 0.352 e. The van der Waals surface area contributed by atoms with Crippen molar-refractivity contribution in [1.82, 2.24) is 10.6 Å². The van der Waals surface area contributed by atoms with E-state index in [9.17, 15) is 9.59 Å². The van der Waals surface area contributed by atoms with Crippen molar-refractivity contribution in [3.63, 3.8) is 0 Å². The standard InChI is InChI=1S/C54H100N2O2/c1-3-5-7-9-11-13-15-17-19-21-23-25-27-29-31-33-35-37-39-41-46-53(57)55-49-51-44-43-45-52(48-51)50-56-54(58)47-42-40-38-36-34-32-30-28-26-24-22-20-18-16-14-12-10-8-6-4-2/h43-45,48H,3-42,46-47,49-50H2,1-2H3,(H,55,57)(H,56,58). The fourth-order valence-corrected chi connectivity index (χ4v) is 8.51. The van der Waals surface area contributed by atoms with Crippen LogP contribution >= 0.6 is 0 Å². The molecule has 58 heavy (non-hydrogen) atoms.